The van der Waals surface area contributed by atoms with Crippen LogP contribution in [0, 0.1) is 18.3 Å². The van der Waals surface area contributed by atoms with Crippen LogP contribution in [0.1, 0.15) is 35.9 Å². The van der Waals surface area contributed by atoms with Gasteiger partial charge in [-0.15, -0.1) is 9.50 Å². The van der Waals surface area contributed by atoms with Gasteiger partial charge in [-0.3, -0.25) is 10.4 Å². The van der Waals surface area contributed by atoms with Crippen LogP contribution in [0.5, 0.6) is 0 Å². The molecule has 8 nitrogen and oxygen atoms in total. The van der Waals surface area contributed by atoms with Gasteiger partial charge in [-0.05, 0) is 37.8 Å². The van der Waals surface area contributed by atoms with Crippen LogP contribution < -0.4 is 15.1 Å². The lowest BCUT2D eigenvalue weighted by Gasteiger charge is -2.20. The van der Waals surface area contributed by atoms with Crippen LogP contribution in [0.3, 0.4) is 0 Å². The molecule has 5 heterocycles. The van der Waals surface area contributed by atoms with Gasteiger partial charge in [0.15, 0.2) is 5.00 Å². The normalized spacial score (nSPS) is 16.8. The number of nitrogens with one attached hydrogen (secondary N) is 3. The van der Waals surface area contributed by atoms with E-state index in [-0.39, 0.29) is 5.76 Å². The van der Waals surface area contributed by atoms with Crippen LogP contribution in [0.4, 0.5) is 10.8 Å². The van der Waals surface area contributed by atoms with E-state index in [9.17, 15) is 0 Å². The van der Waals surface area contributed by atoms with Crippen LogP contribution in [0.25, 0.3) is 16.8 Å². The fourth-order valence-electron chi connectivity index (χ4n) is 3.73. The number of hydrogen-bond acceptors (Lipinski definition) is 7. The summed E-state index contributed by atoms with van der Waals surface area (Å²) in [5.74, 6) is 1.54. The molecular formula is C20H20N7OS+. The second kappa shape index (κ2) is 7.31. The SMILES string of the molecule is Cc1cc(Nc2cc(C3CCCNC3)nc3c(-c4coc(C#N)c4)c[nH][n+]23)sn1. The number of nitrogens with zero attached hydrogens (tertiary/aromatic N) is 4. The summed E-state index contributed by atoms with van der Waals surface area (Å²) in [6.07, 6.45) is 5.74. The van der Waals surface area contributed by atoms with Crippen molar-refractivity contribution in [3.05, 3.63) is 47.8 Å². The number of piperidine rings is 1. The maximum atomic E-state index is 9.09. The fourth-order valence-corrected chi connectivity index (χ4v) is 4.40. The highest BCUT2D eigenvalue weighted by Crippen LogP contribution is 2.29. The second-order valence-corrected chi connectivity index (χ2v) is 8.03. The molecule has 1 saturated heterocycles. The molecule has 29 heavy (non-hydrogen) atoms. The lowest BCUT2D eigenvalue weighted by molar-refractivity contribution is -0.563. The summed E-state index contributed by atoms with van der Waals surface area (Å²) in [6, 6.07) is 7.91. The van der Waals surface area contributed by atoms with E-state index in [1.807, 2.05) is 29.8 Å². The van der Waals surface area contributed by atoms with E-state index in [4.69, 9.17) is 14.7 Å². The molecule has 0 aromatic carbocycles. The van der Waals surface area contributed by atoms with E-state index in [0.717, 1.165) is 64.9 Å². The van der Waals surface area contributed by atoms with Gasteiger partial charge in [0, 0.05) is 36.4 Å². The van der Waals surface area contributed by atoms with Crippen LogP contribution in [0.15, 0.2) is 35.1 Å². The third-order valence-electron chi connectivity index (χ3n) is 5.17. The lowest BCUT2D eigenvalue weighted by atomic mass is 9.96. The average Bonchev–Trinajstić information content (AvgIpc) is 3.48. The molecule has 1 unspecified atom stereocenters. The third kappa shape index (κ3) is 3.37. The molecule has 4 aromatic heterocycles. The van der Waals surface area contributed by atoms with Crippen molar-refractivity contribution >= 4 is 28.0 Å². The minimum Gasteiger partial charge on any atom is -0.453 e. The summed E-state index contributed by atoms with van der Waals surface area (Å²) in [5, 5.41) is 20.3. The maximum absolute atomic E-state index is 9.09. The fraction of sp³-hybridized carbons (Fsp3) is 0.300. The van der Waals surface area contributed by atoms with Crippen molar-refractivity contribution in [2.24, 2.45) is 0 Å². The van der Waals surface area contributed by atoms with Crippen molar-refractivity contribution in [1.29, 1.82) is 5.26 Å². The molecular weight excluding hydrogens is 386 g/mol. The van der Waals surface area contributed by atoms with E-state index in [0.29, 0.717) is 5.92 Å². The van der Waals surface area contributed by atoms with Crippen molar-refractivity contribution < 1.29 is 8.93 Å². The molecule has 0 saturated carbocycles. The Morgan fingerprint density at radius 2 is 2.31 bits per heavy atom. The van der Waals surface area contributed by atoms with Crippen LogP contribution >= 0.6 is 11.5 Å². The van der Waals surface area contributed by atoms with Gasteiger partial charge in [-0.1, -0.05) is 0 Å². The van der Waals surface area contributed by atoms with Crippen molar-refractivity contribution in [3.63, 3.8) is 0 Å². The summed E-state index contributed by atoms with van der Waals surface area (Å²) in [6.45, 7) is 3.96. The van der Waals surface area contributed by atoms with Crippen LogP contribution in [-0.4, -0.2) is 27.5 Å². The molecule has 146 valence electrons. The number of rotatable bonds is 4. The van der Waals surface area contributed by atoms with Gasteiger partial charge in [0.05, 0.1) is 17.3 Å². The number of aromatic nitrogens is 4. The van der Waals surface area contributed by atoms with Gasteiger partial charge < -0.3 is 9.73 Å². The lowest BCUT2D eigenvalue weighted by Crippen LogP contribution is -2.32. The Morgan fingerprint density at radius 1 is 1.38 bits per heavy atom. The van der Waals surface area contributed by atoms with Gasteiger partial charge in [0.2, 0.25) is 5.76 Å². The Labute approximate surface area is 171 Å². The molecule has 0 aliphatic carbocycles. The number of nitriles is 1. The van der Waals surface area contributed by atoms with Crippen molar-refractivity contribution in [1.82, 2.24) is 19.8 Å². The first-order valence-electron chi connectivity index (χ1n) is 9.55. The maximum Gasteiger partial charge on any atom is 0.294 e. The van der Waals surface area contributed by atoms with Crippen LogP contribution in [0.2, 0.25) is 0 Å². The molecule has 4 aromatic rings. The highest BCUT2D eigenvalue weighted by Gasteiger charge is 2.26. The predicted molar refractivity (Wildman–Crippen MR) is 109 cm³/mol. The first kappa shape index (κ1) is 17.8. The molecule has 3 N–H and O–H groups in total. The number of H-pyrrole nitrogens is 1. The molecule has 1 fully saturated rings. The largest absolute Gasteiger partial charge is 0.453 e. The van der Waals surface area contributed by atoms with E-state index >= 15 is 0 Å². The molecule has 0 amide bonds. The summed E-state index contributed by atoms with van der Waals surface area (Å²) >= 11 is 1.43. The molecule has 0 spiro atoms. The zero-order chi connectivity index (χ0) is 19.8. The molecule has 0 bridgehead atoms. The quantitative estimate of drug-likeness (QED) is 0.449. The average molecular weight is 406 g/mol. The molecule has 1 atom stereocenters. The number of anilines is 2. The molecule has 1 aliphatic rings. The minimum absolute atomic E-state index is 0.283. The first-order chi connectivity index (χ1) is 14.2. The Hall–Kier alpha value is -3.22. The van der Waals surface area contributed by atoms with Gasteiger partial charge in [0.25, 0.3) is 11.5 Å². The summed E-state index contributed by atoms with van der Waals surface area (Å²) in [7, 11) is 0. The Bertz CT molecular complexity index is 1210. The zero-order valence-electron chi connectivity index (χ0n) is 15.9. The van der Waals surface area contributed by atoms with E-state index in [2.05, 4.69) is 26.2 Å². The second-order valence-electron chi connectivity index (χ2n) is 7.22. The smallest absolute Gasteiger partial charge is 0.294 e. The van der Waals surface area contributed by atoms with E-state index < -0.39 is 0 Å². The Kier molecular flexibility index (Phi) is 4.50. The number of fused-ring (bicyclic) bond motifs is 1. The van der Waals surface area contributed by atoms with Crippen molar-refractivity contribution in [2.75, 3.05) is 18.4 Å². The third-order valence-corrected chi connectivity index (χ3v) is 5.96. The molecule has 0 radical (unpaired) electrons. The van der Waals surface area contributed by atoms with Crippen molar-refractivity contribution in [3.8, 4) is 17.2 Å². The molecule has 1 aliphatic heterocycles. The van der Waals surface area contributed by atoms with Gasteiger partial charge in [-0.2, -0.15) is 9.64 Å². The van der Waals surface area contributed by atoms with Gasteiger partial charge in [0.1, 0.15) is 18.0 Å². The Morgan fingerprint density at radius 3 is 3.03 bits per heavy atom. The number of furan rings is 1. The first-order valence-corrected chi connectivity index (χ1v) is 10.3. The van der Waals surface area contributed by atoms with Crippen molar-refractivity contribution in [2.45, 2.75) is 25.7 Å². The number of aryl methyl sites for hydroxylation is 1. The topological polar surface area (TPSA) is 107 Å². The molecule has 5 rings (SSSR count). The zero-order valence-corrected chi connectivity index (χ0v) is 16.7. The van der Waals surface area contributed by atoms with Crippen LogP contribution in [-0.2, 0) is 0 Å². The predicted octanol–water partition coefficient (Wildman–Crippen LogP) is 3.26. The number of hydrogen-bond donors (Lipinski definition) is 3. The molecule has 9 heteroatoms. The van der Waals surface area contributed by atoms with Gasteiger partial charge >= 0.3 is 0 Å². The standard InChI is InChI=1S/C20H19N7OS/c1-12-5-19(29-26-12)25-18-7-17(13-3-2-4-22-9-13)24-20-16(10-23-27(18)20)14-6-15(8-21)28-11-14/h5-7,10-11,13,22H,2-4,9H2,1H3,(H,23,24,25,26)/p+1. The number of aromatic amines is 1. The Balaban J connectivity index is 1.64. The summed E-state index contributed by atoms with van der Waals surface area (Å²) in [4.78, 5) is 4.99. The van der Waals surface area contributed by atoms with E-state index in [1.54, 1.807) is 12.3 Å². The monoisotopic (exact) mass is 406 g/mol. The van der Waals surface area contributed by atoms with Gasteiger partial charge in [-0.25, -0.2) is 0 Å². The summed E-state index contributed by atoms with van der Waals surface area (Å²) < 4.78 is 11.6. The summed E-state index contributed by atoms with van der Waals surface area (Å²) in [5.41, 5.74) is 4.54. The minimum atomic E-state index is 0.283. The highest BCUT2D eigenvalue weighted by molar-refractivity contribution is 7.10. The highest BCUT2D eigenvalue weighted by atomic mass is 32.1. The van der Waals surface area contributed by atoms with E-state index in [1.165, 1.54) is 11.5 Å².